The zero-order valence-electron chi connectivity index (χ0n) is 24.5. The largest absolute Gasteiger partial charge is 0.398 e. The molecule has 4 heteroatoms. The van der Waals surface area contributed by atoms with E-state index in [1.54, 1.807) is 0 Å². The number of rotatable bonds is 5. The van der Waals surface area contributed by atoms with E-state index < -0.39 is 0 Å². The monoisotopic (exact) mass is 670 g/mol. The van der Waals surface area contributed by atoms with E-state index in [0.29, 0.717) is 5.92 Å². The molecule has 2 nitrogen and oxygen atoms in total. The number of hydrogen-bond donors (Lipinski definition) is 1. The van der Waals surface area contributed by atoms with Crippen LogP contribution in [-0.2, 0) is 10.8 Å². The van der Waals surface area contributed by atoms with E-state index in [9.17, 15) is 0 Å². The van der Waals surface area contributed by atoms with Crippen molar-refractivity contribution < 1.29 is 0 Å². The van der Waals surface area contributed by atoms with Crippen LogP contribution in [0.5, 0.6) is 0 Å². The molecular weight excluding hydrogens is 632 g/mol. The third kappa shape index (κ3) is 5.66. The molecule has 1 aliphatic heterocycles. The molecule has 0 amide bonds. The molecule has 41 heavy (non-hydrogen) atoms. The summed E-state index contributed by atoms with van der Waals surface area (Å²) < 4.78 is 0. The predicted octanol–water partition coefficient (Wildman–Crippen LogP) is 10.7. The SMILES string of the molecule is CC1(C)C(/C=C/C2=C(N)C(=C/C=C3/N(/C=C/Br)c4ccccc4C3(C)C)/CCC2)=CCC(/C=C/Br)c2ccccc21. The van der Waals surface area contributed by atoms with Gasteiger partial charge in [0.2, 0.25) is 0 Å². The van der Waals surface area contributed by atoms with Crippen molar-refractivity contribution in [1.82, 2.24) is 0 Å². The van der Waals surface area contributed by atoms with Crippen molar-refractivity contribution in [1.29, 1.82) is 0 Å². The van der Waals surface area contributed by atoms with Crippen molar-refractivity contribution in [2.75, 3.05) is 4.90 Å². The summed E-state index contributed by atoms with van der Waals surface area (Å²) >= 11 is 7.00. The maximum atomic E-state index is 6.87. The van der Waals surface area contributed by atoms with Gasteiger partial charge in [0.05, 0.1) is 0 Å². The molecule has 1 atom stereocenters. The van der Waals surface area contributed by atoms with Gasteiger partial charge >= 0.3 is 0 Å². The summed E-state index contributed by atoms with van der Waals surface area (Å²) in [5.74, 6) is 0.363. The second-order valence-corrected chi connectivity index (χ2v) is 13.2. The minimum atomic E-state index is -0.105. The van der Waals surface area contributed by atoms with E-state index in [2.05, 4.69) is 156 Å². The second kappa shape index (κ2) is 12.2. The van der Waals surface area contributed by atoms with Gasteiger partial charge in [0.1, 0.15) is 0 Å². The highest BCUT2D eigenvalue weighted by Crippen LogP contribution is 2.48. The van der Waals surface area contributed by atoms with Crippen LogP contribution in [0, 0.1) is 0 Å². The van der Waals surface area contributed by atoms with Gasteiger partial charge in [0.15, 0.2) is 0 Å². The van der Waals surface area contributed by atoms with Gasteiger partial charge in [-0.15, -0.1) is 0 Å². The standard InChI is InChI=1S/C37H40Br2N2/c1-36(2)29(19-16-26(22-23-38)30-12-5-6-13-31(30)36)20-17-27-10-9-11-28(35(27)40)18-21-34-37(3,4)32-14-7-8-15-33(32)41(34)25-24-39/h5-8,12-15,17-26H,9-11,16,40H2,1-4H3/b20-17+,23-22+,25-24+,28-18+,34-21+. The number of nitrogens with two attached hydrogens (primary N) is 1. The first-order chi connectivity index (χ1) is 19.7. The van der Waals surface area contributed by atoms with E-state index >= 15 is 0 Å². The molecule has 0 saturated carbocycles. The molecule has 2 aromatic carbocycles. The number of benzene rings is 2. The molecule has 5 rings (SSSR count). The Hall–Kier alpha value is -2.82. The van der Waals surface area contributed by atoms with Gasteiger partial charge in [-0.25, -0.2) is 0 Å². The molecule has 3 aliphatic rings. The Labute approximate surface area is 263 Å². The van der Waals surface area contributed by atoms with Crippen LogP contribution in [0.25, 0.3) is 0 Å². The zero-order valence-corrected chi connectivity index (χ0v) is 27.7. The van der Waals surface area contributed by atoms with Gasteiger partial charge < -0.3 is 10.6 Å². The van der Waals surface area contributed by atoms with Crippen LogP contribution in [0.1, 0.15) is 76.0 Å². The average Bonchev–Trinajstić information content (AvgIpc) is 3.11. The first-order valence-corrected chi connectivity index (χ1v) is 16.3. The normalized spacial score (nSPS) is 24.0. The Morgan fingerprint density at radius 3 is 2.34 bits per heavy atom. The van der Waals surface area contributed by atoms with Crippen LogP contribution in [0.15, 0.2) is 129 Å². The van der Waals surface area contributed by atoms with Crippen molar-refractivity contribution in [3.63, 3.8) is 0 Å². The smallest absolute Gasteiger partial charge is 0.0494 e. The fraction of sp³-hybridized carbons (Fsp3) is 0.297. The van der Waals surface area contributed by atoms with Crippen molar-refractivity contribution in [2.45, 2.75) is 70.1 Å². The Kier molecular flexibility index (Phi) is 8.82. The Morgan fingerprint density at radius 2 is 1.59 bits per heavy atom. The van der Waals surface area contributed by atoms with Gasteiger partial charge in [-0.05, 0) is 81.2 Å². The van der Waals surface area contributed by atoms with Crippen LogP contribution in [0.3, 0.4) is 0 Å². The molecule has 0 fully saturated rings. The quantitative estimate of drug-likeness (QED) is 0.343. The van der Waals surface area contributed by atoms with Crippen molar-refractivity contribution in [2.24, 2.45) is 5.73 Å². The molecule has 0 radical (unpaired) electrons. The summed E-state index contributed by atoms with van der Waals surface area (Å²) in [4.78, 5) is 6.19. The first kappa shape index (κ1) is 29.7. The van der Waals surface area contributed by atoms with Crippen molar-refractivity contribution in [3.05, 3.63) is 146 Å². The van der Waals surface area contributed by atoms with E-state index in [-0.39, 0.29) is 10.8 Å². The third-order valence-corrected chi connectivity index (χ3v) is 9.63. The molecule has 212 valence electrons. The van der Waals surface area contributed by atoms with E-state index in [1.807, 2.05) is 9.97 Å². The summed E-state index contributed by atoms with van der Waals surface area (Å²) in [6, 6.07) is 17.5. The summed E-state index contributed by atoms with van der Waals surface area (Å²) in [5, 5.41) is 0. The summed E-state index contributed by atoms with van der Waals surface area (Å²) in [7, 11) is 0. The van der Waals surface area contributed by atoms with Gasteiger partial charge in [-0.2, -0.15) is 0 Å². The van der Waals surface area contributed by atoms with Gasteiger partial charge in [0.25, 0.3) is 0 Å². The minimum absolute atomic E-state index is 0.0927. The van der Waals surface area contributed by atoms with E-state index in [1.165, 1.54) is 44.8 Å². The highest BCUT2D eigenvalue weighted by molar-refractivity contribution is 9.11. The Balaban J connectivity index is 1.47. The molecule has 0 spiro atoms. The van der Waals surface area contributed by atoms with Gasteiger partial charge in [-0.1, -0.05) is 132 Å². The van der Waals surface area contributed by atoms with Gasteiger partial charge in [0, 0.05) is 40.0 Å². The van der Waals surface area contributed by atoms with Crippen LogP contribution < -0.4 is 10.6 Å². The molecule has 0 saturated heterocycles. The van der Waals surface area contributed by atoms with Crippen molar-refractivity contribution in [3.8, 4) is 0 Å². The summed E-state index contributed by atoms with van der Waals surface area (Å²) in [6.45, 7) is 9.27. The fourth-order valence-corrected chi connectivity index (χ4v) is 7.28. The summed E-state index contributed by atoms with van der Waals surface area (Å²) in [6.07, 6.45) is 20.0. The summed E-state index contributed by atoms with van der Waals surface area (Å²) in [5.41, 5.74) is 18.0. The number of para-hydroxylation sites is 1. The lowest BCUT2D eigenvalue weighted by atomic mass is 9.75. The maximum absolute atomic E-state index is 6.87. The molecular formula is C37H40Br2N2. The minimum Gasteiger partial charge on any atom is -0.398 e. The lowest BCUT2D eigenvalue weighted by Gasteiger charge is -2.29. The van der Waals surface area contributed by atoms with Crippen molar-refractivity contribution >= 4 is 37.5 Å². The fourth-order valence-electron chi connectivity index (χ4n) is 6.68. The number of allylic oxidation sites excluding steroid dienone is 10. The Morgan fingerprint density at radius 1 is 0.854 bits per heavy atom. The topological polar surface area (TPSA) is 29.3 Å². The van der Waals surface area contributed by atoms with Gasteiger partial charge in [-0.3, -0.25) is 0 Å². The van der Waals surface area contributed by atoms with Crippen LogP contribution in [-0.4, -0.2) is 0 Å². The molecule has 2 aromatic rings. The number of anilines is 1. The third-order valence-electron chi connectivity index (χ3n) is 9.08. The van der Waals surface area contributed by atoms with E-state index in [4.69, 9.17) is 5.73 Å². The van der Waals surface area contributed by atoms with Crippen LogP contribution >= 0.6 is 31.9 Å². The highest BCUT2D eigenvalue weighted by Gasteiger charge is 2.39. The molecule has 0 aromatic heterocycles. The zero-order chi connectivity index (χ0) is 29.2. The lowest BCUT2D eigenvalue weighted by molar-refractivity contribution is 0.635. The van der Waals surface area contributed by atoms with Crippen LogP contribution in [0.4, 0.5) is 5.69 Å². The number of hydrogen-bond acceptors (Lipinski definition) is 2. The Bertz CT molecular complexity index is 1530. The average molecular weight is 673 g/mol. The number of fused-ring (bicyclic) bond motifs is 2. The number of halogens is 2. The predicted molar refractivity (Wildman–Crippen MR) is 183 cm³/mol. The maximum Gasteiger partial charge on any atom is 0.0494 e. The lowest BCUT2D eigenvalue weighted by Crippen LogP contribution is -2.22. The second-order valence-electron chi connectivity index (χ2n) is 12.2. The van der Waals surface area contributed by atoms with Crippen LogP contribution in [0.2, 0.25) is 0 Å². The molecule has 1 unspecified atom stereocenters. The molecule has 1 heterocycles. The molecule has 0 bridgehead atoms. The molecule has 2 aliphatic carbocycles. The van der Waals surface area contributed by atoms with E-state index in [0.717, 1.165) is 31.4 Å². The number of nitrogens with zero attached hydrogens (tertiary/aromatic N) is 1. The first-order valence-electron chi connectivity index (χ1n) is 14.5. The highest BCUT2D eigenvalue weighted by atomic mass is 79.9. The molecule has 2 N–H and O–H groups in total.